The zero-order valence-electron chi connectivity index (χ0n) is 7.52. The Balaban J connectivity index is 3.09. The van der Waals surface area contributed by atoms with Gasteiger partial charge in [0.05, 0.1) is 0 Å². The second-order valence-corrected chi connectivity index (χ2v) is 9.28. The molecule has 0 heterocycles. The first-order valence-corrected chi connectivity index (χ1v) is 8.56. The van der Waals surface area contributed by atoms with Crippen molar-refractivity contribution < 1.29 is 0 Å². The molecule has 0 aliphatic carbocycles. The van der Waals surface area contributed by atoms with Crippen LogP contribution in [0.5, 0.6) is 0 Å². The summed E-state index contributed by atoms with van der Waals surface area (Å²) in [7, 11) is 2.28. The third-order valence-corrected chi connectivity index (χ3v) is 8.70. The standard InChI is InChI=1S/C4H10S.2C2H5.Al/c1-2-3-4-5;2*1-2;/h5H,2-4H2,1H3;2*1H2,2H3;/q;;;+1/p-1. The van der Waals surface area contributed by atoms with E-state index in [-0.39, 0.29) is 13.0 Å². The molecule has 0 saturated carbocycles. The van der Waals surface area contributed by atoms with Gasteiger partial charge in [-0.15, -0.1) is 0 Å². The Morgan fingerprint density at radius 1 is 1.10 bits per heavy atom. The molecule has 2 heteroatoms. The largest absolute Gasteiger partial charge is 0.348 e. The van der Waals surface area contributed by atoms with E-state index in [1.807, 2.05) is 0 Å². The molecular weight excluding hydrogens is 155 g/mol. The Kier molecular flexibility index (Phi) is 8.69. The minimum atomic E-state index is -0.307. The predicted molar refractivity (Wildman–Crippen MR) is 54.1 cm³/mol. The molecule has 60 valence electrons. The summed E-state index contributed by atoms with van der Waals surface area (Å²) in [4.78, 5) is 0. The monoisotopic (exact) mass is 174 g/mol. The molecule has 0 aromatic rings. The van der Waals surface area contributed by atoms with Gasteiger partial charge >= 0.3 is 13.0 Å². The fourth-order valence-electron chi connectivity index (χ4n) is 0.919. The van der Waals surface area contributed by atoms with Crippen molar-refractivity contribution in [3.8, 4) is 0 Å². The van der Waals surface area contributed by atoms with Crippen molar-refractivity contribution in [3.05, 3.63) is 0 Å². The first-order chi connectivity index (χ1) is 4.85. The van der Waals surface area contributed by atoms with Gasteiger partial charge in [-0.3, -0.25) is 10.1 Å². The van der Waals surface area contributed by atoms with Gasteiger partial charge < -0.3 is 0 Å². The van der Waals surface area contributed by atoms with Crippen LogP contribution in [0.4, 0.5) is 0 Å². The molecule has 0 N–H and O–H groups in total. The Morgan fingerprint density at radius 2 is 1.70 bits per heavy atom. The molecule has 0 aliphatic rings. The van der Waals surface area contributed by atoms with Crippen LogP contribution in [0.15, 0.2) is 0 Å². The van der Waals surface area contributed by atoms with Crippen molar-refractivity contribution in [1.82, 2.24) is 0 Å². The van der Waals surface area contributed by atoms with Gasteiger partial charge in [0.25, 0.3) is 0 Å². The van der Waals surface area contributed by atoms with E-state index in [4.69, 9.17) is 0 Å². The second kappa shape index (κ2) is 7.98. The Labute approximate surface area is 73.2 Å². The summed E-state index contributed by atoms with van der Waals surface area (Å²) >= 11 is -0.307. The van der Waals surface area contributed by atoms with E-state index in [1.165, 1.54) is 29.2 Å². The van der Waals surface area contributed by atoms with Crippen molar-refractivity contribution in [3.63, 3.8) is 0 Å². The van der Waals surface area contributed by atoms with E-state index in [9.17, 15) is 0 Å². The Bertz CT molecular complexity index is 62.3. The molecule has 0 saturated heterocycles. The summed E-state index contributed by atoms with van der Waals surface area (Å²) in [5, 5.41) is 2.95. The van der Waals surface area contributed by atoms with Gasteiger partial charge in [-0.05, 0) is 12.2 Å². The lowest BCUT2D eigenvalue weighted by atomic mass is 10.4. The van der Waals surface area contributed by atoms with Gasteiger partial charge in [0, 0.05) is 0 Å². The van der Waals surface area contributed by atoms with Crippen LogP contribution in [0.3, 0.4) is 0 Å². The molecule has 0 fully saturated rings. The molecule has 0 spiro atoms. The van der Waals surface area contributed by atoms with E-state index in [1.54, 1.807) is 0 Å². The maximum absolute atomic E-state index is 2.35. The third kappa shape index (κ3) is 5.65. The third-order valence-electron chi connectivity index (χ3n) is 1.76. The summed E-state index contributed by atoms with van der Waals surface area (Å²) < 4.78 is 0. The van der Waals surface area contributed by atoms with Crippen LogP contribution in [0.1, 0.15) is 33.6 Å². The highest BCUT2D eigenvalue weighted by molar-refractivity contribution is 8.25. The van der Waals surface area contributed by atoms with Gasteiger partial charge in [0.15, 0.2) is 0 Å². The molecule has 0 nitrogen and oxygen atoms in total. The quantitative estimate of drug-likeness (QED) is 0.438. The first kappa shape index (κ1) is 10.9. The van der Waals surface area contributed by atoms with E-state index in [2.05, 4.69) is 30.9 Å². The SMILES string of the molecule is CCCC[S][Al]([CH2]C)[CH2]C. The molecule has 0 radical (unpaired) electrons. The van der Waals surface area contributed by atoms with E-state index < -0.39 is 0 Å². The minimum Gasteiger partial charge on any atom is -0.256 e. The summed E-state index contributed by atoms with van der Waals surface area (Å²) in [5.41, 5.74) is 0. The van der Waals surface area contributed by atoms with E-state index in [0.29, 0.717) is 0 Å². The summed E-state index contributed by atoms with van der Waals surface area (Å²) in [6, 6.07) is 0. The highest BCUT2D eigenvalue weighted by atomic mass is 32.3. The normalized spacial score (nSPS) is 9.90. The van der Waals surface area contributed by atoms with Crippen LogP contribution in [-0.4, -0.2) is 18.8 Å². The molecule has 0 aromatic carbocycles. The number of hydrogen-bond acceptors (Lipinski definition) is 1. The van der Waals surface area contributed by atoms with Crippen molar-refractivity contribution in [2.75, 3.05) is 5.75 Å². The smallest absolute Gasteiger partial charge is 0.256 e. The average molecular weight is 174 g/mol. The molecule has 0 aliphatic heterocycles. The van der Waals surface area contributed by atoms with Gasteiger partial charge in [0.2, 0.25) is 0 Å². The highest BCUT2D eigenvalue weighted by Crippen LogP contribution is 2.15. The van der Waals surface area contributed by atoms with Gasteiger partial charge in [-0.1, -0.05) is 37.8 Å². The van der Waals surface area contributed by atoms with Gasteiger partial charge in [-0.25, -0.2) is 0 Å². The molecule has 0 bridgehead atoms. The fraction of sp³-hybridized carbons (Fsp3) is 1.00. The zero-order valence-corrected chi connectivity index (χ0v) is 9.49. The molecule has 0 amide bonds. The summed E-state index contributed by atoms with van der Waals surface area (Å²) in [6.07, 6.45) is 2.79. The molecule has 0 unspecified atom stereocenters. The van der Waals surface area contributed by atoms with Crippen LogP contribution >= 0.6 is 10.1 Å². The lowest BCUT2D eigenvalue weighted by Gasteiger charge is -2.04. The topological polar surface area (TPSA) is 0 Å². The first-order valence-electron chi connectivity index (χ1n) is 4.46. The fourth-order valence-corrected chi connectivity index (χ4v) is 5.67. The Morgan fingerprint density at radius 3 is 2.10 bits per heavy atom. The molecule has 0 atom stereocenters. The maximum atomic E-state index is 2.35. The second-order valence-electron chi connectivity index (χ2n) is 2.66. The summed E-state index contributed by atoms with van der Waals surface area (Å²) in [6.45, 7) is 6.97. The van der Waals surface area contributed by atoms with Crippen molar-refractivity contribution in [1.29, 1.82) is 0 Å². The Hall–Kier alpha value is 0.882. The molecule has 0 aromatic heterocycles. The van der Waals surface area contributed by atoms with Crippen LogP contribution in [0, 0.1) is 0 Å². The van der Waals surface area contributed by atoms with Crippen molar-refractivity contribution in [2.45, 2.75) is 44.2 Å². The van der Waals surface area contributed by atoms with Crippen LogP contribution in [-0.2, 0) is 0 Å². The summed E-state index contributed by atoms with van der Waals surface area (Å²) in [5.74, 6) is 1.43. The number of hydrogen-bond donors (Lipinski definition) is 0. The van der Waals surface area contributed by atoms with Crippen molar-refractivity contribution in [2.24, 2.45) is 0 Å². The molecular formula is C8H19AlS. The van der Waals surface area contributed by atoms with Gasteiger partial charge in [-0.2, -0.15) is 0 Å². The molecule has 10 heavy (non-hydrogen) atoms. The minimum absolute atomic E-state index is 0.307. The lowest BCUT2D eigenvalue weighted by molar-refractivity contribution is 0.898. The highest BCUT2D eigenvalue weighted by Gasteiger charge is 2.10. The molecule has 0 rings (SSSR count). The van der Waals surface area contributed by atoms with E-state index >= 15 is 0 Å². The number of unbranched alkanes of at least 4 members (excludes halogenated alkanes) is 1. The zero-order chi connectivity index (χ0) is 7.82. The van der Waals surface area contributed by atoms with Crippen LogP contribution in [0.25, 0.3) is 0 Å². The van der Waals surface area contributed by atoms with Crippen LogP contribution in [0.2, 0.25) is 10.6 Å². The van der Waals surface area contributed by atoms with Crippen LogP contribution < -0.4 is 0 Å². The lowest BCUT2D eigenvalue weighted by Crippen LogP contribution is -2.03. The average Bonchev–Trinajstić information content (AvgIpc) is 1.99. The maximum Gasteiger partial charge on any atom is 0.348 e. The predicted octanol–water partition coefficient (Wildman–Crippen LogP) is 3.55. The number of rotatable bonds is 6. The van der Waals surface area contributed by atoms with Gasteiger partial charge in [0.1, 0.15) is 0 Å². The van der Waals surface area contributed by atoms with E-state index in [0.717, 1.165) is 0 Å². The van der Waals surface area contributed by atoms with Crippen molar-refractivity contribution >= 4 is 23.1 Å².